The van der Waals surface area contributed by atoms with Gasteiger partial charge in [0.25, 0.3) is 5.91 Å². The van der Waals surface area contributed by atoms with E-state index >= 15 is 0 Å². The molecule has 1 atom stereocenters. The number of anilines is 2. The molecule has 3 aromatic rings. The van der Waals surface area contributed by atoms with Crippen molar-refractivity contribution in [2.75, 3.05) is 17.3 Å². The minimum Gasteiger partial charge on any atom is -0.481 e. The van der Waals surface area contributed by atoms with Gasteiger partial charge in [0.15, 0.2) is 0 Å². The Morgan fingerprint density at radius 3 is 2.79 bits per heavy atom. The molecule has 0 spiro atoms. The van der Waals surface area contributed by atoms with Crippen LogP contribution < -0.4 is 15.0 Å². The Balaban J connectivity index is 1.82. The lowest BCUT2D eigenvalue weighted by Gasteiger charge is -2.37. The van der Waals surface area contributed by atoms with Gasteiger partial charge < -0.3 is 10.1 Å². The third kappa shape index (κ3) is 2.39. The lowest BCUT2D eigenvalue weighted by molar-refractivity contribution is 0.0975. The van der Waals surface area contributed by atoms with Gasteiger partial charge in [0.2, 0.25) is 5.88 Å². The number of aromatic nitrogens is 2. The maximum atomic E-state index is 13.1. The summed E-state index contributed by atoms with van der Waals surface area (Å²) in [5.74, 6) is 0.431. The third-order valence-corrected chi connectivity index (χ3v) is 4.68. The quantitative estimate of drug-likeness (QED) is 0.793. The Bertz CT molecular complexity index is 865. The Kier molecular flexibility index (Phi) is 3.62. The number of carbonyl (C=O) groups excluding carboxylic acids is 1. The minimum absolute atomic E-state index is 0.0743. The Morgan fingerprint density at radius 2 is 2.08 bits per heavy atom. The summed E-state index contributed by atoms with van der Waals surface area (Å²) >= 11 is 1.50. The zero-order valence-electron chi connectivity index (χ0n) is 12.8. The van der Waals surface area contributed by atoms with Crippen LogP contribution in [0.25, 0.3) is 0 Å². The van der Waals surface area contributed by atoms with Crippen molar-refractivity contribution in [1.82, 2.24) is 9.97 Å². The van der Waals surface area contributed by atoms with Crippen molar-refractivity contribution in [1.29, 1.82) is 0 Å². The summed E-state index contributed by atoms with van der Waals surface area (Å²) in [6.07, 6.45) is 3.09. The maximum absolute atomic E-state index is 13.1. The molecule has 7 heteroatoms. The first-order valence-electron chi connectivity index (χ1n) is 7.35. The largest absolute Gasteiger partial charge is 0.481 e. The van der Waals surface area contributed by atoms with Crippen LogP contribution in [0, 0.1) is 0 Å². The maximum Gasteiger partial charge on any atom is 0.262 e. The van der Waals surface area contributed by atoms with E-state index in [9.17, 15) is 4.79 Å². The minimum atomic E-state index is -0.324. The molecule has 0 unspecified atom stereocenters. The predicted octanol–water partition coefficient (Wildman–Crippen LogP) is 3.32. The molecule has 0 bridgehead atoms. The molecule has 2 aromatic heterocycles. The number of hydrogen-bond acceptors (Lipinski definition) is 6. The zero-order valence-corrected chi connectivity index (χ0v) is 13.7. The zero-order chi connectivity index (χ0) is 16.5. The van der Waals surface area contributed by atoms with Crippen LogP contribution in [0.2, 0.25) is 0 Å². The van der Waals surface area contributed by atoms with E-state index in [4.69, 9.17) is 4.74 Å². The van der Waals surface area contributed by atoms with E-state index in [0.717, 1.165) is 10.6 Å². The highest BCUT2D eigenvalue weighted by molar-refractivity contribution is 7.09. The monoisotopic (exact) mass is 338 g/mol. The fraction of sp³-hybridized carbons (Fsp3) is 0.118. The van der Waals surface area contributed by atoms with Gasteiger partial charge in [-0.15, -0.1) is 11.3 Å². The average Bonchev–Trinajstić information content (AvgIpc) is 3.16. The molecule has 6 nitrogen and oxygen atoms in total. The smallest absolute Gasteiger partial charge is 0.262 e. The van der Waals surface area contributed by atoms with Gasteiger partial charge >= 0.3 is 0 Å². The molecule has 1 N–H and O–H groups in total. The first-order valence-corrected chi connectivity index (χ1v) is 8.23. The summed E-state index contributed by atoms with van der Waals surface area (Å²) in [7, 11) is 1.56. The molecular formula is C17H14N4O2S. The number of rotatable bonds is 3. The van der Waals surface area contributed by atoms with Crippen LogP contribution in [-0.4, -0.2) is 23.0 Å². The number of ether oxygens (including phenoxy) is 1. The van der Waals surface area contributed by atoms with E-state index in [1.807, 2.05) is 30.3 Å². The number of nitrogens with zero attached hydrogens (tertiary/aromatic N) is 3. The molecule has 0 saturated heterocycles. The van der Waals surface area contributed by atoms with Crippen molar-refractivity contribution < 1.29 is 9.53 Å². The predicted molar refractivity (Wildman–Crippen MR) is 92.5 cm³/mol. The van der Waals surface area contributed by atoms with E-state index < -0.39 is 0 Å². The molecule has 0 fully saturated rings. The number of thiazole rings is 1. The van der Waals surface area contributed by atoms with Gasteiger partial charge in [-0.3, -0.25) is 14.7 Å². The van der Waals surface area contributed by atoms with Crippen molar-refractivity contribution in [3.8, 4) is 5.88 Å². The number of carbonyl (C=O) groups is 1. The van der Waals surface area contributed by atoms with E-state index in [1.165, 1.54) is 11.3 Å². The SMILES string of the molecule is COc1ccc(N2C(=O)c3ccccc3N[C@@H]2c2cncs2)cn1. The molecule has 1 aliphatic rings. The van der Waals surface area contributed by atoms with Crippen molar-refractivity contribution in [3.63, 3.8) is 0 Å². The molecular weight excluding hydrogens is 324 g/mol. The van der Waals surface area contributed by atoms with Crippen molar-refractivity contribution >= 4 is 28.6 Å². The number of amides is 1. The van der Waals surface area contributed by atoms with Gasteiger partial charge in [-0.2, -0.15) is 0 Å². The molecule has 24 heavy (non-hydrogen) atoms. The van der Waals surface area contributed by atoms with Crippen molar-refractivity contribution in [2.45, 2.75) is 6.17 Å². The number of pyridine rings is 1. The number of nitrogens with one attached hydrogen (secondary N) is 1. The first-order chi connectivity index (χ1) is 11.8. The van der Waals surface area contributed by atoms with Crippen LogP contribution >= 0.6 is 11.3 Å². The summed E-state index contributed by atoms with van der Waals surface area (Å²) in [6.45, 7) is 0. The first kappa shape index (κ1) is 14.6. The van der Waals surface area contributed by atoms with Gasteiger partial charge in [-0.1, -0.05) is 12.1 Å². The highest BCUT2D eigenvalue weighted by Gasteiger charge is 2.34. The van der Waals surface area contributed by atoms with E-state index in [2.05, 4.69) is 15.3 Å². The fourth-order valence-electron chi connectivity index (χ4n) is 2.72. The van der Waals surface area contributed by atoms with Gasteiger partial charge in [-0.05, 0) is 18.2 Å². The summed E-state index contributed by atoms with van der Waals surface area (Å²) in [5, 5.41) is 3.42. The average molecular weight is 338 g/mol. The lowest BCUT2D eigenvalue weighted by atomic mass is 10.1. The highest BCUT2D eigenvalue weighted by atomic mass is 32.1. The number of hydrogen-bond donors (Lipinski definition) is 1. The fourth-order valence-corrected chi connectivity index (χ4v) is 3.37. The van der Waals surface area contributed by atoms with E-state index in [1.54, 1.807) is 36.0 Å². The van der Waals surface area contributed by atoms with E-state index in [0.29, 0.717) is 17.1 Å². The topological polar surface area (TPSA) is 67.3 Å². The second-order valence-corrected chi connectivity index (χ2v) is 6.15. The highest BCUT2D eigenvalue weighted by Crippen LogP contribution is 2.37. The van der Waals surface area contributed by atoms with Crippen LogP contribution in [0.1, 0.15) is 21.4 Å². The summed E-state index contributed by atoms with van der Waals surface area (Å²) in [5.41, 5.74) is 3.90. The molecule has 1 amide bonds. The molecule has 1 aliphatic heterocycles. The molecule has 0 radical (unpaired) electrons. The van der Waals surface area contributed by atoms with Crippen LogP contribution in [-0.2, 0) is 0 Å². The lowest BCUT2D eigenvalue weighted by Crippen LogP contribution is -2.42. The molecule has 0 saturated carbocycles. The molecule has 1 aromatic carbocycles. The van der Waals surface area contributed by atoms with Crippen LogP contribution in [0.5, 0.6) is 5.88 Å². The standard InChI is InChI=1S/C17H14N4O2S/c1-23-15-7-6-11(8-19-15)21-16(14-9-18-10-24-14)20-13-5-3-2-4-12(13)17(21)22/h2-10,16,20H,1H3/t16-/m0/s1. The van der Waals surface area contributed by atoms with Crippen molar-refractivity contribution in [2.24, 2.45) is 0 Å². The summed E-state index contributed by atoms with van der Waals surface area (Å²) < 4.78 is 5.10. The van der Waals surface area contributed by atoms with Gasteiger partial charge in [0.1, 0.15) is 6.17 Å². The van der Waals surface area contributed by atoms with Gasteiger partial charge in [0, 0.05) is 18.0 Å². The number of benzene rings is 1. The Hall–Kier alpha value is -2.93. The number of methoxy groups -OCH3 is 1. The number of fused-ring (bicyclic) bond motifs is 1. The summed E-state index contributed by atoms with van der Waals surface area (Å²) in [6, 6.07) is 11.1. The second kappa shape index (κ2) is 5.93. The van der Waals surface area contributed by atoms with Crippen LogP contribution in [0.4, 0.5) is 11.4 Å². The molecule has 0 aliphatic carbocycles. The van der Waals surface area contributed by atoms with Gasteiger partial charge in [-0.25, -0.2) is 4.98 Å². The molecule has 120 valence electrons. The van der Waals surface area contributed by atoms with E-state index in [-0.39, 0.29) is 12.1 Å². The third-order valence-electron chi connectivity index (χ3n) is 3.86. The number of para-hydroxylation sites is 1. The van der Waals surface area contributed by atoms with Crippen LogP contribution in [0.3, 0.4) is 0 Å². The second-order valence-electron chi connectivity index (χ2n) is 5.23. The van der Waals surface area contributed by atoms with Crippen molar-refractivity contribution in [3.05, 3.63) is 64.7 Å². The Labute approximate surface area is 142 Å². The molecule has 3 heterocycles. The Morgan fingerprint density at radius 1 is 1.21 bits per heavy atom. The van der Waals surface area contributed by atoms with Crippen LogP contribution in [0.15, 0.2) is 54.3 Å². The normalized spacial score (nSPS) is 16.5. The summed E-state index contributed by atoms with van der Waals surface area (Å²) in [4.78, 5) is 24.1. The molecule has 4 rings (SSSR count). The van der Waals surface area contributed by atoms with Gasteiger partial charge in [0.05, 0.1) is 34.9 Å².